The Morgan fingerprint density at radius 2 is 2.00 bits per heavy atom. The Morgan fingerprint density at radius 1 is 1.24 bits per heavy atom. The highest BCUT2D eigenvalue weighted by atomic mass is 35.5. The standard InChI is InChI=1S/C13H11Cl2N5O/c14-8-1-7(2-9(15)3-8)12-19-13(21-20-12)11(16)4-10-5-17-6-18-10/h1-3,5-6,11H,4,16H2,(H,17,18)/t11-/m1/s1. The fourth-order valence-corrected chi connectivity index (χ4v) is 2.43. The van der Waals surface area contributed by atoms with Crippen LogP contribution >= 0.6 is 23.2 Å². The highest BCUT2D eigenvalue weighted by Crippen LogP contribution is 2.26. The highest BCUT2D eigenvalue weighted by molar-refractivity contribution is 6.35. The third kappa shape index (κ3) is 3.24. The fraction of sp³-hybridized carbons (Fsp3) is 0.154. The van der Waals surface area contributed by atoms with Gasteiger partial charge in [-0.3, -0.25) is 0 Å². The van der Waals surface area contributed by atoms with Crippen LogP contribution in [0.25, 0.3) is 11.4 Å². The van der Waals surface area contributed by atoms with Crippen LogP contribution in [-0.4, -0.2) is 20.1 Å². The van der Waals surface area contributed by atoms with Crippen LogP contribution < -0.4 is 5.73 Å². The number of hydrogen-bond acceptors (Lipinski definition) is 5. The smallest absolute Gasteiger partial charge is 0.244 e. The number of aromatic nitrogens is 4. The van der Waals surface area contributed by atoms with E-state index in [1.54, 1.807) is 30.7 Å². The lowest BCUT2D eigenvalue weighted by molar-refractivity contribution is 0.354. The number of rotatable bonds is 4. The zero-order valence-corrected chi connectivity index (χ0v) is 12.3. The van der Waals surface area contributed by atoms with E-state index in [1.807, 2.05) is 0 Å². The second-order valence-electron chi connectivity index (χ2n) is 4.50. The largest absolute Gasteiger partial charge is 0.348 e. The molecule has 2 heterocycles. The number of nitrogens with zero attached hydrogens (tertiary/aromatic N) is 3. The van der Waals surface area contributed by atoms with Crippen LogP contribution in [0, 0.1) is 0 Å². The summed E-state index contributed by atoms with van der Waals surface area (Å²) in [5.41, 5.74) is 7.61. The molecule has 0 spiro atoms. The van der Waals surface area contributed by atoms with Crippen LogP contribution in [-0.2, 0) is 6.42 Å². The van der Waals surface area contributed by atoms with Crippen molar-refractivity contribution in [3.05, 3.63) is 52.4 Å². The van der Waals surface area contributed by atoms with E-state index in [4.69, 9.17) is 33.5 Å². The summed E-state index contributed by atoms with van der Waals surface area (Å²) in [6.07, 6.45) is 3.82. The number of aromatic amines is 1. The maximum Gasteiger partial charge on any atom is 0.244 e. The van der Waals surface area contributed by atoms with Gasteiger partial charge in [0.25, 0.3) is 0 Å². The summed E-state index contributed by atoms with van der Waals surface area (Å²) >= 11 is 11.9. The summed E-state index contributed by atoms with van der Waals surface area (Å²) in [7, 11) is 0. The molecule has 108 valence electrons. The summed E-state index contributed by atoms with van der Waals surface area (Å²) in [5.74, 6) is 0.741. The molecule has 0 radical (unpaired) electrons. The average molecular weight is 324 g/mol. The van der Waals surface area contributed by atoms with Gasteiger partial charge in [0.15, 0.2) is 0 Å². The van der Waals surface area contributed by atoms with Gasteiger partial charge in [-0.05, 0) is 18.2 Å². The summed E-state index contributed by atoms with van der Waals surface area (Å²) in [4.78, 5) is 11.2. The van der Waals surface area contributed by atoms with Crippen LogP contribution in [0.1, 0.15) is 17.6 Å². The molecule has 0 saturated heterocycles. The second-order valence-corrected chi connectivity index (χ2v) is 5.37. The number of nitrogens with two attached hydrogens (primary N) is 1. The highest BCUT2D eigenvalue weighted by Gasteiger charge is 2.17. The molecule has 0 bridgehead atoms. The molecular weight excluding hydrogens is 313 g/mol. The van der Waals surface area contributed by atoms with Gasteiger partial charge in [-0.25, -0.2) is 4.98 Å². The summed E-state index contributed by atoms with van der Waals surface area (Å²) in [6.45, 7) is 0. The summed E-state index contributed by atoms with van der Waals surface area (Å²) in [6, 6.07) is 4.64. The Kier molecular flexibility index (Phi) is 3.92. The second kappa shape index (κ2) is 5.85. The molecular formula is C13H11Cl2N5O. The Morgan fingerprint density at radius 3 is 2.67 bits per heavy atom. The molecule has 8 heteroatoms. The third-order valence-corrected chi connectivity index (χ3v) is 3.31. The molecule has 0 aliphatic carbocycles. The molecule has 3 rings (SSSR count). The van der Waals surface area contributed by atoms with Gasteiger partial charge in [0.05, 0.1) is 12.4 Å². The van der Waals surface area contributed by atoms with Gasteiger partial charge < -0.3 is 15.2 Å². The zero-order valence-electron chi connectivity index (χ0n) is 10.8. The first-order valence-electron chi connectivity index (χ1n) is 6.15. The number of H-pyrrole nitrogens is 1. The lowest BCUT2D eigenvalue weighted by atomic mass is 10.2. The van der Waals surface area contributed by atoms with Crippen molar-refractivity contribution in [3.8, 4) is 11.4 Å². The van der Waals surface area contributed by atoms with Crippen molar-refractivity contribution in [1.82, 2.24) is 20.1 Å². The molecule has 1 atom stereocenters. The third-order valence-electron chi connectivity index (χ3n) is 2.87. The van der Waals surface area contributed by atoms with E-state index in [9.17, 15) is 0 Å². The van der Waals surface area contributed by atoms with Crippen molar-refractivity contribution in [2.75, 3.05) is 0 Å². The van der Waals surface area contributed by atoms with Crippen molar-refractivity contribution in [2.45, 2.75) is 12.5 Å². The van der Waals surface area contributed by atoms with E-state index in [0.29, 0.717) is 33.7 Å². The van der Waals surface area contributed by atoms with Crippen molar-refractivity contribution in [2.24, 2.45) is 5.73 Å². The molecule has 1 aromatic carbocycles. The van der Waals surface area contributed by atoms with E-state index >= 15 is 0 Å². The molecule has 3 N–H and O–H groups in total. The van der Waals surface area contributed by atoms with Crippen LogP contribution in [0.15, 0.2) is 35.2 Å². The first-order valence-corrected chi connectivity index (χ1v) is 6.90. The number of hydrogen-bond donors (Lipinski definition) is 2. The van der Waals surface area contributed by atoms with Crippen molar-refractivity contribution >= 4 is 23.2 Å². The predicted octanol–water partition coefficient (Wildman–Crippen LogP) is 3.01. The molecule has 0 unspecified atom stereocenters. The van der Waals surface area contributed by atoms with Crippen molar-refractivity contribution < 1.29 is 4.52 Å². The minimum absolute atomic E-state index is 0.343. The quantitative estimate of drug-likeness (QED) is 0.769. The Labute approximate surface area is 130 Å². The average Bonchev–Trinajstić information content (AvgIpc) is 3.08. The normalized spacial score (nSPS) is 12.5. The minimum Gasteiger partial charge on any atom is -0.348 e. The van der Waals surface area contributed by atoms with Gasteiger partial charge in [-0.2, -0.15) is 4.98 Å². The number of halogens is 2. The number of benzene rings is 1. The van der Waals surface area contributed by atoms with Crippen molar-refractivity contribution in [1.29, 1.82) is 0 Å². The number of nitrogens with one attached hydrogen (secondary N) is 1. The molecule has 21 heavy (non-hydrogen) atoms. The molecule has 6 nitrogen and oxygen atoms in total. The monoisotopic (exact) mass is 323 g/mol. The van der Waals surface area contributed by atoms with Gasteiger partial charge >= 0.3 is 0 Å². The Bertz CT molecular complexity index is 721. The Hall–Kier alpha value is -1.89. The lowest BCUT2D eigenvalue weighted by Gasteiger charge is -2.03. The SMILES string of the molecule is N[C@H](Cc1cnc[nH]1)c1nc(-c2cc(Cl)cc(Cl)c2)no1. The predicted molar refractivity (Wildman–Crippen MR) is 79.0 cm³/mol. The molecule has 0 aliphatic rings. The molecule has 0 aliphatic heterocycles. The van der Waals surface area contributed by atoms with Gasteiger partial charge in [-0.1, -0.05) is 28.4 Å². The summed E-state index contributed by atoms with van der Waals surface area (Å²) in [5, 5.41) is 4.92. The van der Waals surface area contributed by atoms with E-state index in [-0.39, 0.29) is 0 Å². The first kappa shape index (κ1) is 14.1. The molecule has 0 saturated carbocycles. The first-order chi connectivity index (χ1) is 10.1. The lowest BCUT2D eigenvalue weighted by Crippen LogP contribution is -2.13. The Balaban J connectivity index is 1.82. The molecule has 2 aromatic heterocycles. The van der Waals surface area contributed by atoms with Crippen LogP contribution in [0.4, 0.5) is 0 Å². The van der Waals surface area contributed by atoms with Gasteiger partial charge in [0.2, 0.25) is 11.7 Å². The number of imidazole rings is 1. The maximum atomic E-state index is 6.04. The van der Waals surface area contributed by atoms with E-state index in [1.165, 1.54) is 0 Å². The van der Waals surface area contributed by atoms with Crippen LogP contribution in [0.3, 0.4) is 0 Å². The van der Waals surface area contributed by atoms with E-state index in [2.05, 4.69) is 20.1 Å². The minimum atomic E-state index is -0.415. The van der Waals surface area contributed by atoms with Crippen LogP contribution in [0.2, 0.25) is 10.0 Å². The van der Waals surface area contributed by atoms with Gasteiger partial charge in [0.1, 0.15) is 0 Å². The maximum absolute atomic E-state index is 6.04. The van der Waals surface area contributed by atoms with E-state index in [0.717, 1.165) is 5.69 Å². The van der Waals surface area contributed by atoms with Crippen LogP contribution in [0.5, 0.6) is 0 Å². The topological polar surface area (TPSA) is 93.6 Å². The summed E-state index contributed by atoms with van der Waals surface area (Å²) < 4.78 is 5.20. The molecule has 0 amide bonds. The molecule has 0 fully saturated rings. The fourth-order valence-electron chi connectivity index (χ4n) is 1.91. The van der Waals surface area contributed by atoms with Gasteiger partial charge in [-0.15, -0.1) is 0 Å². The molecule has 3 aromatic rings. The van der Waals surface area contributed by atoms with E-state index < -0.39 is 6.04 Å². The van der Waals surface area contributed by atoms with Crippen molar-refractivity contribution in [3.63, 3.8) is 0 Å². The zero-order chi connectivity index (χ0) is 14.8. The van der Waals surface area contributed by atoms with Gasteiger partial charge in [0, 0.05) is 33.9 Å².